The predicted molar refractivity (Wildman–Crippen MR) is 140 cm³/mol. The Hall–Kier alpha value is -3.10. The number of rotatable bonds is 5. The van der Waals surface area contributed by atoms with Gasteiger partial charge in [0.25, 0.3) is 5.24 Å². The van der Waals surface area contributed by atoms with E-state index in [0.717, 1.165) is 23.1 Å². The maximum absolute atomic E-state index is 13.8. The number of nitrogens with zero attached hydrogens (tertiary/aromatic N) is 2. The van der Waals surface area contributed by atoms with E-state index in [0.29, 0.717) is 36.7 Å². The number of fused-ring (bicyclic) bond motifs is 1. The van der Waals surface area contributed by atoms with E-state index >= 15 is 0 Å². The summed E-state index contributed by atoms with van der Waals surface area (Å²) < 4.78 is 128. The molecule has 2 aromatic carbocycles. The molecule has 2 amide bonds. The van der Waals surface area contributed by atoms with Gasteiger partial charge < -0.3 is 9.64 Å². The van der Waals surface area contributed by atoms with Gasteiger partial charge in [-0.3, -0.25) is 9.69 Å². The van der Waals surface area contributed by atoms with Gasteiger partial charge in [-0.2, -0.15) is 39.5 Å². The number of amides is 2. The van der Waals surface area contributed by atoms with E-state index in [1.165, 1.54) is 11.2 Å². The third-order valence-electron chi connectivity index (χ3n) is 7.25. The summed E-state index contributed by atoms with van der Waals surface area (Å²) in [5, 5.41) is -0.785. The van der Waals surface area contributed by atoms with Crippen molar-refractivity contribution in [1.82, 2.24) is 4.90 Å². The predicted octanol–water partition coefficient (Wildman–Crippen LogP) is 9.30. The van der Waals surface area contributed by atoms with Gasteiger partial charge >= 0.3 is 24.6 Å². The number of ether oxygens (including phenoxy) is 1. The van der Waals surface area contributed by atoms with Crippen molar-refractivity contribution in [3.63, 3.8) is 0 Å². The van der Waals surface area contributed by atoms with Crippen molar-refractivity contribution >= 4 is 28.8 Å². The van der Waals surface area contributed by atoms with E-state index in [1.54, 1.807) is 13.8 Å². The van der Waals surface area contributed by atoms with Crippen LogP contribution in [-0.4, -0.2) is 34.6 Å². The highest BCUT2D eigenvalue weighted by atomic mass is 32.2. The third-order valence-corrected chi connectivity index (χ3v) is 7.84. The number of alkyl halides is 9. The minimum Gasteiger partial charge on any atom is -0.446 e. The summed E-state index contributed by atoms with van der Waals surface area (Å²) in [6, 6.07) is 1.66. The van der Waals surface area contributed by atoms with E-state index in [-0.39, 0.29) is 29.7 Å². The molecule has 1 aliphatic heterocycles. The Labute approximate surface area is 245 Å². The van der Waals surface area contributed by atoms with E-state index in [9.17, 15) is 49.1 Å². The molecule has 0 N–H and O–H groups in total. The van der Waals surface area contributed by atoms with Crippen molar-refractivity contribution in [2.75, 3.05) is 11.2 Å². The fourth-order valence-corrected chi connectivity index (χ4v) is 5.68. The third kappa shape index (κ3) is 7.35. The molecule has 1 saturated carbocycles. The van der Waals surface area contributed by atoms with E-state index in [2.05, 4.69) is 0 Å². The van der Waals surface area contributed by atoms with Crippen LogP contribution in [0, 0.1) is 5.92 Å². The van der Waals surface area contributed by atoms with Crippen molar-refractivity contribution < 1.29 is 53.8 Å². The van der Waals surface area contributed by atoms with Gasteiger partial charge in [-0.15, -0.1) is 0 Å². The number of hydrogen-bond donors (Lipinski definition) is 0. The van der Waals surface area contributed by atoms with Crippen LogP contribution in [0.2, 0.25) is 0 Å². The molecule has 2 atom stereocenters. The van der Waals surface area contributed by atoms with E-state index in [1.807, 2.05) is 0 Å². The molecule has 2 aromatic rings. The normalized spacial score (nSPS) is 19.3. The lowest BCUT2D eigenvalue weighted by Gasteiger charge is -2.44. The molecule has 0 bridgehead atoms. The highest BCUT2D eigenvalue weighted by Crippen LogP contribution is 2.50. The molecule has 1 aliphatic carbocycles. The Bertz CT molecular complexity index is 1340. The molecule has 0 spiro atoms. The molecule has 1 fully saturated rings. The van der Waals surface area contributed by atoms with Crippen LogP contribution in [0.25, 0.3) is 0 Å². The number of benzene rings is 2. The Morgan fingerprint density at radius 1 is 0.907 bits per heavy atom. The molecule has 236 valence electrons. The fraction of sp³-hybridized carbons (Fsp3) is 0.500. The molecule has 43 heavy (non-hydrogen) atoms. The first-order valence-electron chi connectivity index (χ1n) is 13.1. The topological polar surface area (TPSA) is 49.9 Å². The molecule has 2 aliphatic rings. The lowest BCUT2D eigenvalue weighted by atomic mass is 9.86. The Morgan fingerprint density at radius 2 is 1.47 bits per heavy atom. The number of anilines is 1. The first-order chi connectivity index (χ1) is 19.8. The summed E-state index contributed by atoms with van der Waals surface area (Å²) in [5.74, 6) is -0.103. The van der Waals surface area contributed by atoms with Gasteiger partial charge in [0.2, 0.25) is 0 Å². The number of hydrogen-bond acceptors (Lipinski definition) is 4. The monoisotopic (exact) mass is 642 g/mol. The molecule has 0 unspecified atom stereocenters. The van der Waals surface area contributed by atoms with Crippen LogP contribution in [-0.2, 0) is 29.8 Å². The summed E-state index contributed by atoms with van der Waals surface area (Å²) in [4.78, 5) is 28.7. The highest BCUT2D eigenvalue weighted by molar-refractivity contribution is 8.12. The average molecular weight is 643 g/mol. The largest absolute Gasteiger partial charge is 0.446 e. The summed E-state index contributed by atoms with van der Waals surface area (Å²) in [7, 11) is 0. The molecule has 15 heteroatoms. The second kappa shape index (κ2) is 11.8. The zero-order chi connectivity index (χ0) is 32.1. The molecule has 0 aromatic heterocycles. The Morgan fingerprint density at radius 3 is 1.93 bits per heavy atom. The number of halogens is 9. The maximum atomic E-state index is 13.8. The van der Waals surface area contributed by atoms with Crippen LogP contribution in [0.3, 0.4) is 0 Å². The SMILES string of the molecule is CSC(=O)N(Cc1cc(C(F)(F)F)cc(C(F)(F)F)c1)[C@H]1C[C@@H](C2CC2)N(C(=O)OC(C)C)c2ccc(C(F)(F)F)cc21. The summed E-state index contributed by atoms with van der Waals surface area (Å²) in [5.41, 5.74) is -4.90. The fourth-order valence-electron chi connectivity index (χ4n) is 5.26. The number of thioether (sulfide) groups is 1. The van der Waals surface area contributed by atoms with Crippen molar-refractivity contribution in [3.05, 3.63) is 64.2 Å². The van der Waals surface area contributed by atoms with Crippen molar-refractivity contribution in [1.29, 1.82) is 0 Å². The molecule has 5 nitrogen and oxygen atoms in total. The number of carbonyl (C=O) groups is 2. The Balaban J connectivity index is 1.88. The lowest BCUT2D eigenvalue weighted by molar-refractivity contribution is -0.143. The molecule has 0 saturated heterocycles. The lowest BCUT2D eigenvalue weighted by Crippen LogP contribution is -2.50. The minimum absolute atomic E-state index is 0.0192. The Kier molecular flexibility index (Phi) is 8.98. The van der Waals surface area contributed by atoms with Gasteiger partial charge in [0.15, 0.2) is 0 Å². The molecule has 0 radical (unpaired) electrons. The van der Waals surface area contributed by atoms with E-state index < -0.39 is 76.8 Å². The summed E-state index contributed by atoms with van der Waals surface area (Å²) >= 11 is 0.606. The van der Waals surface area contributed by atoms with Crippen molar-refractivity contribution in [2.45, 2.75) is 76.4 Å². The smallest absolute Gasteiger partial charge is 0.416 e. The van der Waals surface area contributed by atoms with Crippen LogP contribution in [0.15, 0.2) is 36.4 Å². The van der Waals surface area contributed by atoms with Crippen molar-refractivity contribution in [3.8, 4) is 0 Å². The number of carbonyl (C=O) groups excluding carboxylic acids is 2. The maximum Gasteiger partial charge on any atom is 0.416 e. The average Bonchev–Trinajstić information content (AvgIpc) is 3.73. The molecular weight excluding hydrogens is 615 g/mol. The van der Waals surface area contributed by atoms with E-state index in [4.69, 9.17) is 4.74 Å². The van der Waals surface area contributed by atoms with Crippen LogP contribution >= 0.6 is 11.8 Å². The van der Waals surface area contributed by atoms with Gasteiger partial charge in [0, 0.05) is 12.6 Å². The minimum atomic E-state index is -5.14. The van der Waals surface area contributed by atoms with Crippen molar-refractivity contribution in [2.24, 2.45) is 5.92 Å². The second-order valence-electron chi connectivity index (χ2n) is 10.7. The molecule has 1 heterocycles. The van der Waals surface area contributed by atoms with Gasteiger partial charge in [-0.05, 0) is 92.8 Å². The highest BCUT2D eigenvalue weighted by Gasteiger charge is 2.48. The summed E-state index contributed by atoms with van der Waals surface area (Å²) in [6.07, 6.45) is -13.9. The first-order valence-corrected chi connectivity index (χ1v) is 14.4. The molecular formula is C28H27F9N2O3S. The zero-order valence-electron chi connectivity index (χ0n) is 23.0. The summed E-state index contributed by atoms with van der Waals surface area (Å²) in [6.45, 7) is 2.42. The van der Waals surface area contributed by atoms with Gasteiger partial charge in [-0.1, -0.05) is 11.8 Å². The van der Waals surface area contributed by atoms with Crippen LogP contribution in [0.4, 0.5) is 54.8 Å². The molecule has 4 rings (SSSR count). The van der Waals surface area contributed by atoms with Crippen LogP contribution < -0.4 is 4.90 Å². The zero-order valence-corrected chi connectivity index (χ0v) is 23.8. The van der Waals surface area contributed by atoms with Gasteiger partial charge in [0.1, 0.15) is 0 Å². The van der Waals surface area contributed by atoms with Crippen LogP contribution in [0.1, 0.15) is 67.0 Å². The standard InChI is InChI=1S/C28H27F9N2O3S/c1-14(2)42-24(40)39-21-7-6-17(26(29,30)31)11-20(21)23(12-22(39)16-4-5-16)38(25(41)43-3)13-15-8-18(27(32,33)34)10-19(9-15)28(35,36)37/h6-11,14,16,22-23H,4-5,12-13H2,1-3H3/t22-,23-/m0/s1. The second-order valence-corrected chi connectivity index (χ2v) is 11.5. The van der Waals surface area contributed by atoms with Crippen LogP contribution in [0.5, 0.6) is 0 Å². The van der Waals surface area contributed by atoms with Gasteiger partial charge in [0.05, 0.1) is 34.5 Å². The quantitative estimate of drug-likeness (QED) is 0.305. The first kappa shape index (κ1) is 32.8. The van der Waals surface area contributed by atoms with Gasteiger partial charge in [-0.25, -0.2) is 4.79 Å².